The van der Waals surface area contributed by atoms with E-state index in [-0.39, 0.29) is 5.92 Å². The van der Waals surface area contributed by atoms with E-state index >= 15 is 0 Å². The Bertz CT molecular complexity index is 938. The van der Waals surface area contributed by atoms with Crippen LogP contribution in [0.3, 0.4) is 0 Å². The molecule has 0 fully saturated rings. The summed E-state index contributed by atoms with van der Waals surface area (Å²) in [5.74, 6) is -0.979. The zero-order valence-electron chi connectivity index (χ0n) is 15.1. The van der Waals surface area contributed by atoms with E-state index in [1.165, 1.54) is 17.1 Å². The summed E-state index contributed by atoms with van der Waals surface area (Å²) in [4.78, 5) is 32.2. The fourth-order valence-electron chi connectivity index (χ4n) is 2.51. The molecule has 0 aliphatic heterocycles. The van der Waals surface area contributed by atoms with Gasteiger partial charge in [-0.25, -0.2) is 14.6 Å². The van der Waals surface area contributed by atoms with Crippen LogP contribution in [-0.2, 0) is 9.59 Å². The van der Waals surface area contributed by atoms with E-state index < -0.39 is 11.8 Å². The first kappa shape index (κ1) is 18.2. The molecule has 0 radical (unpaired) electrons. The van der Waals surface area contributed by atoms with Gasteiger partial charge in [0.15, 0.2) is 0 Å². The van der Waals surface area contributed by atoms with E-state index in [0.717, 1.165) is 11.1 Å². The van der Waals surface area contributed by atoms with Crippen LogP contribution in [-0.4, -0.2) is 38.1 Å². The third-order valence-electron chi connectivity index (χ3n) is 3.98. The summed E-state index contributed by atoms with van der Waals surface area (Å²) in [5.41, 5.74) is 2.65. The maximum Gasteiger partial charge on any atom is 0.313 e. The zero-order valence-corrected chi connectivity index (χ0v) is 15.1. The third-order valence-corrected chi connectivity index (χ3v) is 3.98. The summed E-state index contributed by atoms with van der Waals surface area (Å²) in [6.07, 6.45) is 6.14. The summed E-state index contributed by atoms with van der Waals surface area (Å²) in [5, 5.41) is 9.24. The van der Waals surface area contributed by atoms with Crippen molar-refractivity contribution >= 4 is 17.5 Å². The second kappa shape index (κ2) is 8.22. The van der Waals surface area contributed by atoms with Gasteiger partial charge in [0.2, 0.25) is 5.95 Å². The largest absolute Gasteiger partial charge is 0.347 e. The number of benzene rings is 1. The van der Waals surface area contributed by atoms with Crippen LogP contribution in [0.5, 0.6) is 0 Å². The summed E-state index contributed by atoms with van der Waals surface area (Å²) >= 11 is 0. The van der Waals surface area contributed by atoms with Crippen LogP contribution in [0.4, 0.5) is 5.69 Å². The fourth-order valence-corrected chi connectivity index (χ4v) is 2.51. The van der Waals surface area contributed by atoms with Crippen molar-refractivity contribution in [1.29, 1.82) is 0 Å². The van der Waals surface area contributed by atoms with Crippen LogP contribution in [0.2, 0.25) is 0 Å². The van der Waals surface area contributed by atoms with Gasteiger partial charge in [0.05, 0.1) is 18.1 Å². The predicted octanol–water partition coefficient (Wildman–Crippen LogP) is 1.83. The quantitative estimate of drug-likeness (QED) is 0.673. The van der Waals surface area contributed by atoms with Gasteiger partial charge in [0, 0.05) is 18.9 Å². The van der Waals surface area contributed by atoms with Crippen LogP contribution < -0.4 is 10.6 Å². The molecule has 0 saturated heterocycles. The lowest BCUT2D eigenvalue weighted by Gasteiger charge is -2.13. The van der Waals surface area contributed by atoms with E-state index in [2.05, 4.69) is 31.8 Å². The number of aryl methyl sites for hydroxylation is 1. The van der Waals surface area contributed by atoms with E-state index in [9.17, 15) is 9.59 Å². The minimum atomic E-state index is -0.750. The number of carbonyl (C=O) groups excluding carboxylic acids is 2. The van der Waals surface area contributed by atoms with E-state index in [0.29, 0.717) is 18.2 Å². The molecule has 0 saturated carbocycles. The number of anilines is 1. The normalized spacial score (nSPS) is 11.6. The van der Waals surface area contributed by atoms with Crippen molar-refractivity contribution in [2.45, 2.75) is 19.8 Å². The second-order valence-corrected chi connectivity index (χ2v) is 6.20. The summed E-state index contributed by atoms with van der Waals surface area (Å²) in [6.45, 7) is 4.38. The average Bonchev–Trinajstić information content (AvgIpc) is 3.15. The molecule has 0 aliphatic carbocycles. The van der Waals surface area contributed by atoms with E-state index in [1.807, 2.05) is 32.0 Å². The molecule has 138 valence electrons. The lowest BCUT2D eigenvalue weighted by atomic mass is 9.99. The lowest BCUT2D eigenvalue weighted by molar-refractivity contribution is -0.136. The minimum absolute atomic E-state index is 0.0969. The van der Waals surface area contributed by atoms with Gasteiger partial charge in [-0.3, -0.25) is 9.59 Å². The SMILES string of the molecule is Cc1cccc([C@@H](C)CNC(=O)C(=O)Nc2cnn(-c3ncccn3)c2)c1. The van der Waals surface area contributed by atoms with Crippen LogP contribution in [0, 0.1) is 6.92 Å². The van der Waals surface area contributed by atoms with Crippen LogP contribution >= 0.6 is 0 Å². The van der Waals surface area contributed by atoms with Gasteiger partial charge in [0.25, 0.3) is 0 Å². The summed E-state index contributed by atoms with van der Waals surface area (Å²) < 4.78 is 1.41. The molecule has 3 aromatic rings. The molecule has 0 unspecified atom stereocenters. The first-order valence-corrected chi connectivity index (χ1v) is 8.51. The van der Waals surface area contributed by atoms with Crippen molar-refractivity contribution in [2.75, 3.05) is 11.9 Å². The number of rotatable bonds is 5. The Morgan fingerprint density at radius 3 is 2.67 bits per heavy atom. The summed E-state index contributed by atoms with van der Waals surface area (Å²) in [6, 6.07) is 9.76. The zero-order chi connectivity index (χ0) is 19.2. The molecule has 2 N–H and O–H groups in total. The third kappa shape index (κ3) is 4.75. The highest BCUT2D eigenvalue weighted by Gasteiger charge is 2.16. The molecule has 1 aromatic carbocycles. The topological polar surface area (TPSA) is 102 Å². The standard InChI is InChI=1S/C19H20N6O2/c1-13-5-3-6-15(9-13)14(2)10-22-17(26)18(27)24-16-11-23-25(12-16)19-20-7-4-8-21-19/h3-9,11-12,14H,10H2,1-2H3,(H,22,26)(H,24,27)/t14-/m0/s1. The molecule has 0 aliphatic rings. The van der Waals surface area contributed by atoms with Crippen LogP contribution in [0.1, 0.15) is 24.0 Å². The molecular weight excluding hydrogens is 344 g/mol. The maximum atomic E-state index is 12.1. The number of nitrogens with zero attached hydrogens (tertiary/aromatic N) is 4. The Kier molecular flexibility index (Phi) is 5.55. The van der Waals surface area contributed by atoms with Gasteiger partial charge in [0.1, 0.15) is 0 Å². The Hall–Kier alpha value is -3.55. The van der Waals surface area contributed by atoms with Gasteiger partial charge in [-0.05, 0) is 24.5 Å². The fraction of sp³-hybridized carbons (Fsp3) is 0.211. The molecule has 0 bridgehead atoms. The van der Waals surface area contributed by atoms with E-state index in [1.54, 1.807) is 18.5 Å². The molecule has 2 amide bonds. The number of carbonyl (C=O) groups is 2. The minimum Gasteiger partial charge on any atom is -0.347 e. The van der Waals surface area contributed by atoms with Crippen molar-refractivity contribution in [3.05, 3.63) is 66.2 Å². The Balaban J connectivity index is 1.54. The molecule has 2 heterocycles. The van der Waals surface area contributed by atoms with Crippen molar-refractivity contribution < 1.29 is 9.59 Å². The van der Waals surface area contributed by atoms with Gasteiger partial charge in [-0.2, -0.15) is 5.10 Å². The smallest absolute Gasteiger partial charge is 0.313 e. The van der Waals surface area contributed by atoms with E-state index in [4.69, 9.17) is 0 Å². The van der Waals surface area contributed by atoms with Gasteiger partial charge in [-0.1, -0.05) is 36.8 Å². The lowest BCUT2D eigenvalue weighted by Crippen LogP contribution is -2.37. The number of hydrogen-bond acceptors (Lipinski definition) is 5. The molecule has 2 aromatic heterocycles. The number of amides is 2. The predicted molar refractivity (Wildman–Crippen MR) is 100 cm³/mol. The van der Waals surface area contributed by atoms with Crippen molar-refractivity contribution in [3.63, 3.8) is 0 Å². The highest BCUT2D eigenvalue weighted by Crippen LogP contribution is 2.15. The number of aromatic nitrogens is 4. The highest BCUT2D eigenvalue weighted by molar-refractivity contribution is 6.39. The molecule has 8 heteroatoms. The van der Waals surface area contributed by atoms with Gasteiger partial charge in [-0.15, -0.1) is 0 Å². The molecule has 1 atom stereocenters. The highest BCUT2D eigenvalue weighted by atomic mass is 16.2. The van der Waals surface area contributed by atoms with Crippen molar-refractivity contribution in [2.24, 2.45) is 0 Å². The van der Waals surface area contributed by atoms with Gasteiger partial charge >= 0.3 is 11.8 Å². The molecule has 0 spiro atoms. The first-order chi connectivity index (χ1) is 13.0. The molecule has 8 nitrogen and oxygen atoms in total. The molecular formula is C19H20N6O2. The maximum absolute atomic E-state index is 12.1. The van der Waals surface area contributed by atoms with Crippen molar-refractivity contribution in [3.8, 4) is 5.95 Å². The van der Waals surface area contributed by atoms with Gasteiger partial charge < -0.3 is 10.6 Å². The van der Waals surface area contributed by atoms with Crippen LogP contribution in [0.15, 0.2) is 55.1 Å². The summed E-state index contributed by atoms with van der Waals surface area (Å²) in [7, 11) is 0. The Morgan fingerprint density at radius 1 is 1.15 bits per heavy atom. The molecule has 27 heavy (non-hydrogen) atoms. The Labute approximate surface area is 156 Å². The first-order valence-electron chi connectivity index (χ1n) is 8.51. The number of nitrogens with one attached hydrogen (secondary N) is 2. The van der Waals surface area contributed by atoms with Crippen LogP contribution in [0.25, 0.3) is 5.95 Å². The monoisotopic (exact) mass is 364 g/mol. The van der Waals surface area contributed by atoms with Crippen molar-refractivity contribution in [1.82, 2.24) is 25.1 Å². The average molecular weight is 364 g/mol. The molecule has 3 rings (SSSR count). The Morgan fingerprint density at radius 2 is 1.93 bits per heavy atom. The second-order valence-electron chi connectivity index (χ2n) is 6.20. The number of hydrogen-bond donors (Lipinski definition) is 2.